The molecular weight excluding hydrogens is 272 g/mol. The molecule has 0 saturated carbocycles. The summed E-state index contributed by atoms with van der Waals surface area (Å²) in [5, 5.41) is 15.8. The zero-order chi connectivity index (χ0) is 13.9. The minimum Gasteiger partial charge on any atom is -0.393 e. The number of aromatic nitrogens is 1. The number of rotatable bonds is 4. The van der Waals surface area contributed by atoms with E-state index in [9.17, 15) is 5.11 Å². The van der Waals surface area contributed by atoms with Crippen LogP contribution in [0.2, 0.25) is 0 Å². The molecular formula is C15H20N2O2S. The average Bonchev–Trinajstić information content (AvgIpc) is 3.09. The van der Waals surface area contributed by atoms with Gasteiger partial charge in [-0.15, -0.1) is 11.3 Å². The van der Waals surface area contributed by atoms with Crippen LogP contribution in [-0.2, 0) is 6.54 Å². The topological polar surface area (TPSA) is 49.5 Å². The normalized spacial score (nSPS) is 19.3. The second-order valence-corrected chi connectivity index (χ2v) is 6.46. The fraction of sp³-hybridized carbons (Fsp3) is 0.533. The summed E-state index contributed by atoms with van der Waals surface area (Å²) in [6.07, 6.45) is 1.94. The van der Waals surface area contributed by atoms with E-state index in [-0.39, 0.29) is 6.10 Å². The molecule has 1 unspecified atom stereocenters. The van der Waals surface area contributed by atoms with E-state index in [1.807, 2.05) is 30.5 Å². The molecule has 0 spiro atoms. The molecule has 20 heavy (non-hydrogen) atoms. The van der Waals surface area contributed by atoms with Crippen molar-refractivity contribution in [3.63, 3.8) is 0 Å². The zero-order valence-corrected chi connectivity index (χ0v) is 12.5. The van der Waals surface area contributed by atoms with Crippen LogP contribution in [0.5, 0.6) is 0 Å². The van der Waals surface area contributed by atoms with Gasteiger partial charge < -0.3 is 9.63 Å². The molecule has 0 aliphatic carbocycles. The Morgan fingerprint density at radius 2 is 2.30 bits per heavy atom. The lowest BCUT2D eigenvalue weighted by atomic mass is 9.92. The predicted octanol–water partition coefficient (Wildman–Crippen LogP) is 3.00. The molecule has 108 valence electrons. The molecule has 1 N–H and O–H groups in total. The number of nitrogens with zero attached hydrogens (tertiary/aromatic N) is 2. The summed E-state index contributed by atoms with van der Waals surface area (Å²) in [6, 6.07) is 6.10. The first-order valence-electron chi connectivity index (χ1n) is 7.12. The Morgan fingerprint density at radius 3 is 2.95 bits per heavy atom. The van der Waals surface area contributed by atoms with Gasteiger partial charge in [0.2, 0.25) is 0 Å². The first kappa shape index (κ1) is 13.8. The number of likely N-dealkylation sites (tertiary alicyclic amines) is 1. The second-order valence-electron chi connectivity index (χ2n) is 5.51. The average molecular weight is 292 g/mol. The van der Waals surface area contributed by atoms with Crippen LogP contribution in [0.3, 0.4) is 0 Å². The summed E-state index contributed by atoms with van der Waals surface area (Å²) < 4.78 is 5.40. The molecule has 0 radical (unpaired) electrons. The van der Waals surface area contributed by atoms with Crippen LogP contribution in [0.1, 0.15) is 25.5 Å². The monoisotopic (exact) mass is 292 g/mol. The van der Waals surface area contributed by atoms with Gasteiger partial charge in [-0.25, -0.2) is 0 Å². The Morgan fingerprint density at radius 1 is 1.50 bits per heavy atom. The van der Waals surface area contributed by atoms with Gasteiger partial charge in [-0.1, -0.05) is 11.2 Å². The minimum absolute atomic E-state index is 0.186. The number of piperidine rings is 1. The SMILES string of the molecule is CC(O)C1CCN(Cc2cc(-c3cccs3)on2)CC1. The van der Waals surface area contributed by atoms with Gasteiger partial charge in [0, 0.05) is 12.6 Å². The summed E-state index contributed by atoms with van der Waals surface area (Å²) >= 11 is 1.66. The van der Waals surface area contributed by atoms with Crippen molar-refractivity contribution in [2.24, 2.45) is 5.92 Å². The molecule has 1 fully saturated rings. The highest BCUT2D eigenvalue weighted by Crippen LogP contribution is 2.26. The predicted molar refractivity (Wildman–Crippen MR) is 79.5 cm³/mol. The molecule has 1 atom stereocenters. The van der Waals surface area contributed by atoms with Gasteiger partial charge in [-0.05, 0) is 50.2 Å². The molecule has 3 rings (SSSR count). The molecule has 1 saturated heterocycles. The van der Waals surface area contributed by atoms with Crippen molar-refractivity contribution in [2.45, 2.75) is 32.4 Å². The van der Waals surface area contributed by atoms with Crippen molar-refractivity contribution in [3.8, 4) is 10.6 Å². The Hall–Kier alpha value is -1.17. The van der Waals surface area contributed by atoms with Crippen molar-refractivity contribution in [1.29, 1.82) is 0 Å². The zero-order valence-electron chi connectivity index (χ0n) is 11.7. The lowest BCUT2D eigenvalue weighted by Crippen LogP contribution is -2.36. The Balaban J connectivity index is 1.57. The van der Waals surface area contributed by atoms with E-state index in [0.717, 1.165) is 48.8 Å². The summed E-state index contributed by atoms with van der Waals surface area (Å²) in [4.78, 5) is 3.51. The standard InChI is InChI=1S/C15H20N2O2S/c1-11(18)12-4-6-17(7-5-12)10-13-9-14(19-16-13)15-3-2-8-20-15/h2-3,8-9,11-12,18H,4-7,10H2,1H3. The molecule has 2 aromatic heterocycles. The fourth-order valence-corrected chi connectivity index (χ4v) is 3.42. The quantitative estimate of drug-likeness (QED) is 0.941. The molecule has 1 aliphatic heterocycles. The third-order valence-electron chi connectivity index (χ3n) is 4.02. The first-order valence-corrected chi connectivity index (χ1v) is 8.00. The van der Waals surface area contributed by atoms with Gasteiger partial charge in [-0.3, -0.25) is 4.90 Å². The largest absolute Gasteiger partial charge is 0.393 e. The van der Waals surface area contributed by atoms with Gasteiger partial charge in [0.25, 0.3) is 0 Å². The van der Waals surface area contributed by atoms with E-state index < -0.39 is 0 Å². The van der Waals surface area contributed by atoms with E-state index in [1.54, 1.807) is 11.3 Å². The molecule has 0 aromatic carbocycles. The summed E-state index contributed by atoms with van der Waals surface area (Å²) in [7, 11) is 0. The van der Waals surface area contributed by atoms with Crippen LogP contribution >= 0.6 is 11.3 Å². The Labute approximate surface area is 123 Å². The highest BCUT2D eigenvalue weighted by molar-refractivity contribution is 7.13. The number of aliphatic hydroxyl groups is 1. The number of aliphatic hydroxyl groups excluding tert-OH is 1. The first-order chi connectivity index (χ1) is 9.72. The van der Waals surface area contributed by atoms with E-state index in [1.165, 1.54) is 0 Å². The third kappa shape index (κ3) is 3.11. The van der Waals surface area contributed by atoms with Crippen molar-refractivity contribution >= 4 is 11.3 Å². The van der Waals surface area contributed by atoms with Crippen LogP contribution < -0.4 is 0 Å². The van der Waals surface area contributed by atoms with Crippen molar-refractivity contribution in [3.05, 3.63) is 29.3 Å². The van der Waals surface area contributed by atoms with Crippen LogP contribution in [0.4, 0.5) is 0 Å². The van der Waals surface area contributed by atoms with E-state index in [2.05, 4.69) is 10.1 Å². The van der Waals surface area contributed by atoms with Gasteiger partial charge in [0.15, 0.2) is 5.76 Å². The lowest BCUT2D eigenvalue weighted by molar-refractivity contribution is 0.0688. The second kappa shape index (κ2) is 6.08. The minimum atomic E-state index is -0.186. The molecule has 4 nitrogen and oxygen atoms in total. The Bertz CT molecular complexity index is 528. The highest BCUT2D eigenvalue weighted by Gasteiger charge is 2.23. The van der Waals surface area contributed by atoms with E-state index >= 15 is 0 Å². The molecule has 0 amide bonds. The third-order valence-corrected chi connectivity index (χ3v) is 4.91. The molecule has 1 aliphatic rings. The van der Waals surface area contributed by atoms with Crippen LogP contribution in [-0.4, -0.2) is 34.4 Å². The van der Waals surface area contributed by atoms with Gasteiger partial charge >= 0.3 is 0 Å². The lowest BCUT2D eigenvalue weighted by Gasteiger charge is -2.32. The van der Waals surface area contributed by atoms with Crippen LogP contribution in [0, 0.1) is 5.92 Å². The maximum Gasteiger partial charge on any atom is 0.177 e. The van der Waals surface area contributed by atoms with Crippen LogP contribution in [0.15, 0.2) is 28.1 Å². The summed E-state index contributed by atoms with van der Waals surface area (Å²) in [5.41, 5.74) is 0.990. The van der Waals surface area contributed by atoms with Crippen LogP contribution in [0.25, 0.3) is 10.6 Å². The van der Waals surface area contributed by atoms with E-state index in [4.69, 9.17) is 4.52 Å². The van der Waals surface area contributed by atoms with Gasteiger partial charge in [-0.2, -0.15) is 0 Å². The van der Waals surface area contributed by atoms with Crippen molar-refractivity contribution < 1.29 is 9.63 Å². The van der Waals surface area contributed by atoms with Crippen molar-refractivity contribution in [2.75, 3.05) is 13.1 Å². The van der Waals surface area contributed by atoms with E-state index in [0.29, 0.717) is 5.92 Å². The molecule has 2 aromatic rings. The number of hydrogen-bond donors (Lipinski definition) is 1. The van der Waals surface area contributed by atoms with Gasteiger partial charge in [0.05, 0.1) is 16.7 Å². The maximum absolute atomic E-state index is 9.62. The summed E-state index contributed by atoms with van der Waals surface area (Å²) in [6.45, 7) is 4.78. The fourth-order valence-electron chi connectivity index (χ4n) is 2.74. The number of thiophene rings is 1. The maximum atomic E-state index is 9.62. The Kier molecular flexibility index (Phi) is 4.19. The molecule has 0 bridgehead atoms. The van der Waals surface area contributed by atoms with Crippen molar-refractivity contribution in [1.82, 2.24) is 10.1 Å². The highest BCUT2D eigenvalue weighted by atomic mass is 32.1. The number of hydrogen-bond acceptors (Lipinski definition) is 5. The smallest absolute Gasteiger partial charge is 0.177 e. The molecule has 3 heterocycles. The molecule has 5 heteroatoms. The van der Waals surface area contributed by atoms with Gasteiger partial charge in [0.1, 0.15) is 0 Å². The summed E-state index contributed by atoms with van der Waals surface area (Å²) in [5.74, 6) is 1.30.